The Morgan fingerprint density at radius 1 is 0.970 bits per heavy atom. The molecule has 166 valence electrons. The summed E-state index contributed by atoms with van der Waals surface area (Å²) < 4.78 is 1.98. The smallest absolute Gasteiger partial charge is 0.317 e. The number of hydrogen-bond donors (Lipinski definition) is 1. The van der Waals surface area contributed by atoms with E-state index >= 15 is 0 Å². The first-order valence-corrected chi connectivity index (χ1v) is 11.7. The molecule has 2 amide bonds. The summed E-state index contributed by atoms with van der Waals surface area (Å²) in [6.45, 7) is 1.27. The van der Waals surface area contributed by atoms with Gasteiger partial charge in [0.2, 0.25) is 0 Å². The number of pyridine rings is 1. The van der Waals surface area contributed by atoms with Gasteiger partial charge in [0, 0.05) is 31.2 Å². The molecule has 0 bridgehead atoms. The first-order chi connectivity index (χ1) is 16.3. The van der Waals surface area contributed by atoms with Crippen molar-refractivity contribution in [2.75, 3.05) is 6.54 Å². The molecule has 4 aromatic rings. The number of benzene rings is 2. The minimum absolute atomic E-state index is 0.0370. The van der Waals surface area contributed by atoms with Crippen molar-refractivity contribution >= 4 is 17.1 Å². The van der Waals surface area contributed by atoms with Crippen LogP contribution in [0.15, 0.2) is 79.3 Å². The van der Waals surface area contributed by atoms with Gasteiger partial charge < -0.3 is 10.2 Å². The van der Waals surface area contributed by atoms with Crippen LogP contribution in [0.4, 0.5) is 4.79 Å². The second-order valence-electron chi connectivity index (χ2n) is 9.12. The maximum atomic E-state index is 13.1. The zero-order valence-electron chi connectivity index (χ0n) is 18.5. The molecule has 0 spiro atoms. The second kappa shape index (κ2) is 8.35. The van der Waals surface area contributed by atoms with E-state index in [1.807, 2.05) is 47.2 Å². The summed E-state index contributed by atoms with van der Waals surface area (Å²) in [5, 5.41) is 3.14. The highest BCUT2D eigenvalue weighted by atomic mass is 16.2. The average molecular weight is 438 g/mol. The van der Waals surface area contributed by atoms with Gasteiger partial charge in [-0.3, -0.25) is 4.57 Å². The van der Waals surface area contributed by atoms with E-state index in [2.05, 4.69) is 50.5 Å². The van der Waals surface area contributed by atoms with Crippen LogP contribution in [0.25, 0.3) is 16.9 Å². The zero-order valence-corrected chi connectivity index (χ0v) is 18.5. The van der Waals surface area contributed by atoms with Crippen LogP contribution in [0.3, 0.4) is 0 Å². The summed E-state index contributed by atoms with van der Waals surface area (Å²) in [7, 11) is 0. The highest BCUT2D eigenvalue weighted by Crippen LogP contribution is 2.46. The molecular formula is C27H27N5O. The molecule has 2 aliphatic rings. The third kappa shape index (κ3) is 3.65. The molecule has 3 unspecified atom stereocenters. The van der Waals surface area contributed by atoms with E-state index in [-0.39, 0.29) is 6.03 Å². The number of nitrogens with one attached hydrogen (secondary N) is 1. The molecule has 1 saturated carbocycles. The summed E-state index contributed by atoms with van der Waals surface area (Å²) in [6, 6.07) is 23.1. The minimum Gasteiger partial charge on any atom is -0.334 e. The Morgan fingerprint density at radius 3 is 2.67 bits per heavy atom. The molecule has 33 heavy (non-hydrogen) atoms. The number of aromatic nitrogens is 3. The van der Waals surface area contributed by atoms with Crippen molar-refractivity contribution in [3.63, 3.8) is 0 Å². The number of hydrogen-bond acceptors (Lipinski definition) is 3. The third-order valence-electron chi connectivity index (χ3n) is 7.28. The number of amides is 2. The van der Waals surface area contributed by atoms with Crippen LogP contribution < -0.4 is 5.32 Å². The number of para-hydroxylation sites is 2. The molecule has 6 rings (SSSR count). The Hall–Kier alpha value is -3.67. The van der Waals surface area contributed by atoms with Crippen molar-refractivity contribution in [1.82, 2.24) is 24.8 Å². The molecule has 1 aliphatic carbocycles. The first kappa shape index (κ1) is 20.0. The van der Waals surface area contributed by atoms with Crippen molar-refractivity contribution in [1.29, 1.82) is 0 Å². The highest BCUT2D eigenvalue weighted by molar-refractivity contribution is 5.77. The van der Waals surface area contributed by atoms with E-state index in [0.29, 0.717) is 24.4 Å². The van der Waals surface area contributed by atoms with Crippen LogP contribution >= 0.6 is 0 Å². The van der Waals surface area contributed by atoms with Gasteiger partial charge in [0.15, 0.2) is 0 Å². The maximum absolute atomic E-state index is 13.1. The zero-order chi connectivity index (χ0) is 22.2. The summed E-state index contributed by atoms with van der Waals surface area (Å²) >= 11 is 0. The molecule has 0 radical (unpaired) electrons. The van der Waals surface area contributed by atoms with E-state index in [1.165, 1.54) is 18.4 Å². The van der Waals surface area contributed by atoms with Crippen LogP contribution in [-0.2, 0) is 6.54 Å². The molecule has 1 saturated heterocycles. The van der Waals surface area contributed by atoms with E-state index in [1.54, 1.807) is 6.33 Å². The Balaban J connectivity index is 1.13. The maximum Gasteiger partial charge on any atom is 0.317 e. The van der Waals surface area contributed by atoms with Gasteiger partial charge in [-0.05, 0) is 48.1 Å². The fourth-order valence-corrected chi connectivity index (χ4v) is 5.68. The molecule has 2 aromatic heterocycles. The molecule has 2 aromatic carbocycles. The lowest BCUT2D eigenvalue weighted by molar-refractivity contribution is 0.189. The van der Waals surface area contributed by atoms with Crippen LogP contribution in [0.1, 0.15) is 36.3 Å². The Bertz CT molecular complexity index is 1270. The lowest BCUT2D eigenvalue weighted by Crippen LogP contribution is -2.42. The molecule has 3 atom stereocenters. The van der Waals surface area contributed by atoms with Crippen molar-refractivity contribution in [2.24, 2.45) is 5.92 Å². The third-order valence-corrected chi connectivity index (χ3v) is 7.28. The number of carbonyl (C=O) groups excluding carboxylic acids is 1. The number of nitrogens with zero attached hydrogens (tertiary/aromatic N) is 4. The summed E-state index contributed by atoms with van der Waals surface area (Å²) in [4.78, 5) is 24.2. The minimum atomic E-state index is 0.0370. The Morgan fingerprint density at radius 2 is 1.82 bits per heavy atom. The van der Waals surface area contributed by atoms with E-state index in [9.17, 15) is 4.79 Å². The SMILES string of the molecule is O=C(NCc1ccc(-n2cnc3ccccc32)nc1)N1CC(c2ccccc2)C2CCCC21. The first-order valence-electron chi connectivity index (χ1n) is 11.7. The van der Waals surface area contributed by atoms with Gasteiger partial charge in [-0.2, -0.15) is 0 Å². The summed E-state index contributed by atoms with van der Waals surface area (Å²) in [5.41, 5.74) is 4.31. The predicted octanol–water partition coefficient (Wildman–Crippen LogP) is 4.90. The lowest BCUT2D eigenvalue weighted by atomic mass is 9.87. The summed E-state index contributed by atoms with van der Waals surface area (Å²) in [6.07, 6.45) is 7.15. The topological polar surface area (TPSA) is 63.1 Å². The van der Waals surface area contributed by atoms with E-state index in [0.717, 1.165) is 35.4 Å². The fourth-order valence-electron chi connectivity index (χ4n) is 5.68. The molecule has 1 N–H and O–H groups in total. The molecule has 1 aliphatic heterocycles. The Kier molecular flexibility index (Phi) is 5.06. The van der Waals surface area contributed by atoms with E-state index in [4.69, 9.17) is 0 Å². The number of carbonyl (C=O) groups is 1. The second-order valence-corrected chi connectivity index (χ2v) is 9.12. The van der Waals surface area contributed by atoms with Crippen LogP contribution in [-0.4, -0.2) is 38.1 Å². The van der Waals surface area contributed by atoms with Crippen molar-refractivity contribution in [3.8, 4) is 5.82 Å². The van der Waals surface area contributed by atoms with Gasteiger partial charge in [-0.1, -0.05) is 55.0 Å². The average Bonchev–Trinajstić information content (AvgIpc) is 3.59. The monoisotopic (exact) mass is 437 g/mol. The van der Waals surface area contributed by atoms with Crippen molar-refractivity contribution < 1.29 is 4.79 Å². The molecule has 3 heterocycles. The van der Waals surface area contributed by atoms with Crippen molar-refractivity contribution in [2.45, 2.75) is 37.8 Å². The van der Waals surface area contributed by atoms with Gasteiger partial charge >= 0.3 is 6.03 Å². The highest BCUT2D eigenvalue weighted by Gasteiger charge is 2.46. The molecule has 6 heteroatoms. The number of fused-ring (bicyclic) bond motifs is 2. The number of urea groups is 1. The summed E-state index contributed by atoms with van der Waals surface area (Å²) in [5.74, 6) is 1.83. The van der Waals surface area contributed by atoms with Crippen molar-refractivity contribution in [3.05, 3.63) is 90.4 Å². The van der Waals surface area contributed by atoms with Gasteiger partial charge in [-0.25, -0.2) is 14.8 Å². The van der Waals surface area contributed by atoms with E-state index < -0.39 is 0 Å². The number of rotatable bonds is 4. The fraction of sp³-hybridized carbons (Fsp3) is 0.296. The molecular weight excluding hydrogens is 410 g/mol. The largest absolute Gasteiger partial charge is 0.334 e. The van der Waals surface area contributed by atoms with Crippen LogP contribution in [0, 0.1) is 5.92 Å². The Labute approximate surface area is 193 Å². The number of likely N-dealkylation sites (tertiary alicyclic amines) is 1. The lowest BCUT2D eigenvalue weighted by Gasteiger charge is -2.24. The molecule has 6 nitrogen and oxygen atoms in total. The standard InChI is InChI=1S/C27H27N5O/c33-27(31-17-22(20-7-2-1-3-8-20)21-9-6-12-24(21)31)29-16-19-13-14-26(28-15-19)32-18-30-23-10-4-5-11-25(23)32/h1-5,7-8,10-11,13-15,18,21-22,24H,6,9,12,16-17H2,(H,29,33). The van der Waals surface area contributed by atoms with Gasteiger partial charge in [0.25, 0.3) is 0 Å². The van der Waals surface area contributed by atoms with Gasteiger partial charge in [-0.15, -0.1) is 0 Å². The number of imidazole rings is 1. The molecule has 2 fully saturated rings. The van der Waals surface area contributed by atoms with Crippen LogP contribution in [0.5, 0.6) is 0 Å². The predicted molar refractivity (Wildman–Crippen MR) is 128 cm³/mol. The quantitative estimate of drug-likeness (QED) is 0.494. The normalized spacial score (nSPS) is 21.9. The van der Waals surface area contributed by atoms with Crippen LogP contribution in [0.2, 0.25) is 0 Å². The van der Waals surface area contributed by atoms with Gasteiger partial charge in [0.05, 0.1) is 11.0 Å². The van der Waals surface area contributed by atoms with Gasteiger partial charge in [0.1, 0.15) is 12.1 Å².